The minimum Gasteiger partial charge on any atom is -0.305 e. The Morgan fingerprint density at radius 1 is 1.39 bits per heavy atom. The van der Waals surface area contributed by atoms with E-state index in [4.69, 9.17) is 5.26 Å². The fourth-order valence-corrected chi connectivity index (χ4v) is 1.74. The molecule has 0 aliphatic carbocycles. The van der Waals surface area contributed by atoms with Crippen molar-refractivity contribution in [3.05, 3.63) is 45.7 Å². The number of carbonyl (C=O) groups excluding carboxylic acids is 1. The predicted molar refractivity (Wildman–Crippen MR) is 75.0 cm³/mol. The van der Waals surface area contributed by atoms with E-state index >= 15 is 0 Å². The first-order chi connectivity index (χ1) is 8.69. The highest BCUT2D eigenvalue weighted by molar-refractivity contribution is 14.1. The largest absolute Gasteiger partial charge is 0.305 e. The highest BCUT2D eigenvalue weighted by Crippen LogP contribution is 2.09. The molecule has 0 aliphatic rings. The Morgan fingerprint density at radius 2 is 2.11 bits per heavy atom. The number of hydrogen-bond acceptors (Lipinski definition) is 3. The monoisotopic (exact) mass is 352 g/mol. The summed E-state index contributed by atoms with van der Waals surface area (Å²) in [7, 11) is 0. The maximum Gasteiger partial charge on any atom is 0.256 e. The van der Waals surface area contributed by atoms with Gasteiger partial charge in [-0.05, 0) is 46.9 Å². The molecule has 5 nitrogen and oxygen atoms in total. The van der Waals surface area contributed by atoms with Gasteiger partial charge in [-0.15, -0.1) is 0 Å². The molecule has 1 heterocycles. The minimum absolute atomic E-state index is 0.166. The average molecular weight is 352 g/mol. The zero-order valence-corrected chi connectivity index (χ0v) is 11.5. The molecule has 0 saturated heterocycles. The smallest absolute Gasteiger partial charge is 0.256 e. The zero-order valence-electron chi connectivity index (χ0n) is 9.30. The van der Waals surface area contributed by atoms with Crippen molar-refractivity contribution in [1.82, 2.24) is 9.78 Å². The van der Waals surface area contributed by atoms with Gasteiger partial charge in [0.2, 0.25) is 0 Å². The van der Waals surface area contributed by atoms with Crippen LogP contribution in [0.4, 0.5) is 5.82 Å². The number of aromatic nitrogens is 2. The van der Waals surface area contributed by atoms with E-state index in [0.29, 0.717) is 11.4 Å². The molecule has 1 aromatic carbocycles. The Kier molecular flexibility index (Phi) is 3.94. The summed E-state index contributed by atoms with van der Waals surface area (Å²) in [5, 5.41) is 15.2. The lowest BCUT2D eigenvalue weighted by Crippen LogP contribution is -2.12. The number of anilines is 1. The molecule has 0 unspecified atom stereocenters. The number of hydrogen-bond donors (Lipinski definition) is 1. The Hall–Kier alpha value is -1.88. The lowest BCUT2D eigenvalue weighted by atomic mass is 10.2. The second-order valence-corrected chi connectivity index (χ2v) is 4.76. The third-order valence-corrected chi connectivity index (χ3v) is 2.94. The summed E-state index contributed by atoms with van der Waals surface area (Å²) in [4.78, 5) is 11.9. The molecule has 1 amide bonds. The van der Waals surface area contributed by atoms with Crippen LogP contribution in [0, 0.1) is 14.9 Å². The van der Waals surface area contributed by atoms with Gasteiger partial charge in [-0.1, -0.05) is 0 Å². The van der Waals surface area contributed by atoms with Crippen LogP contribution in [-0.4, -0.2) is 15.7 Å². The summed E-state index contributed by atoms with van der Waals surface area (Å²) in [5.41, 5.74) is 0.574. The molecular weight excluding hydrogens is 343 g/mol. The van der Waals surface area contributed by atoms with E-state index in [9.17, 15) is 4.79 Å². The van der Waals surface area contributed by atoms with E-state index in [1.807, 2.05) is 18.2 Å². The molecule has 2 rings (SSSR count). The SMILES string of the molecule is N#CCn1ccc(NC(=O)c2ccc(I)cc2)n1. The van der Waals surface area contributed by atoms with Gasteiger partial charge in [0.15, 0.2) is 5.82 Å². The molecule has 0 fully saturated rings. The molecule has 18 heavy (non-hydrogen) atoms. The van der Waals surface area contributed by atoms with E-state index < -0.39 is 0 Å². The van der Waals surface area contributed by atoms with Crippen LogP contribution in [-0.2, 0) is 6.54 Å². The summed E-state index contributed by atoms with van der Waals surface area (Å²) in [6.07, 6.45) is 1.65. The van der Waals surface area contributed by atoms with E-state index in [0.717, 1.165) is 3.57 Å². The summed E-state index contributed by atoms with van der Waals surface area (Å²) in [6, 6.07) is 10.9. The Bertz CT molecular complexity index is 597. The van der Waals surface area contributed by atoms with Gasteiger partial charge in [0.05, 0.1) is 6.07 Å². The van der Waals surface area contributed by atoms with Crippen molar-refractivity contribution in [2.24, 2.45) is 0 Å². The second-order valence-electron chi connectivity index (χ2n) is 3.52. The van der Waals surface area contributed by atoms with Crippen LogP contribution in [0.5, 0.6) is 0 Å². The Morgan fingerprint density at radius 3 is 2.78 bits per heavy atom. The third-order valence-electron chi connectivity index (χ3n) is 2.22. The van der Waals surface area contributed by atoms with Crippen LogP contribution in [0.2, 0.25) is 0 Å². The van der Waals surface area contributed by atoms with Gasteiger partial charge in [0, 0.05) is 21.4 Å². The highest BCUT2D eigenvalue weighted by Gasteiger charge is 2.07. The Labute approximate surface area is 118 Å². The molecule has 0 aliphatic heterocycles. The van der Waals surface area contributed by atoms with Gasteiger partial charge in [-0.25, -0.2) is 0 Å². The first-order valence-corrected chi connectivity index (χ1v) is 6.24. The van der Waals surface area contributed by atoms with E-state index in [1.54, 1.807) is 24.4 Å². The van der Waals surface area contributed by atoms with Crippen LogP contribution in [0.1, 0.15) is 10.4 Å². The molecule has 0 radical (unpaired) electrons. The summed E-state index contributed by atoms with van der Waals surface area (Å²) in [6.45, 7) is 0.166. The quantitative estimate of drug-likeness (QED) is 0.862. The first kappa shape index (κ1) is 12.6. The van der Waals surface area contributed by atoms with Crippen molar-refractivity contribution in [2.45, 2.75) is 6.54 Å². The lowest BCUT2D eigenvalue weighted by molar-refractivity contribution is 0.102. The number of nitrogens with zero attached hydrogens (tertiary/aromatic N) is 3. The van der Waals surface area contributed by atoms with Crippen molar-refractivity contribution in [1.29, 1.82) is 5.26 Å². The summed E-state index contributed by atoms with van der Waals surface area (Å²) >= 11 is 2.18. The summed E-state index contributed by atoms with van der Waals surface area (Å²) in [5.74, 6) is 0.224. The van der Waals surface area contributed by atoms with Gasteiger partial charge in [0.1, 0.15) is 6.54 Å². The molecule has 6 heteroatoms. The van der Waals surface area contributed by atoms with Gasteiger partial charge in [-0.3, -0.25) is 9.48 Å². The number of nitriles is 1. The molecule has 0 spiro atoms. The van der Waals surface area contributed by atoms with Crippen LogP contribution in [0.3, 0.4) is 0 Å². The summed E-state index contributed by atoms with van der Waals surface area (Å²) < 4.78 is 2.53. The van der Waals surface area contributed by atoms with Gasteiger partial charge >= 0.3 is 0 Å². The van der Waals surface area contributed by atoms with Gasteiger partial charge in [-0.2, -0.15) is 10.4 Å². The van der Waals surface area contributed by atoms with Crippen molar-refractivity contribution in [3.63, 3.8) is 0 Å². The fraction of sp³-hybridized carbons (Fsp3) is 0.0833. The van der Waals surface area contributed by atoms with E-state index in [2.05, 4.69) is 33.0 Å². The minimum atomic E-state index is -0.214. The van der Waals surface area contributed by atoms with Gasteiger partial charge < -0.3 is 5.32 Å². The van der Waals surface area contributed by atoms with Crippen LogP contribution < -0.4 is 5.32 Å². The molecule has 0 bridgehead atoms. The molecule has 1 N–H and O–H groups in total. The standard InChI is InChI=1S/C12H9IN4O/c13-10-3-1-9(2-4-10)12(18)15-11-5-7-17(16-11)8-6-14/h1-5,7H,8H2,(H,15,16,18). The predicted octanol–water partition coefficient (Wildman–Crippen LogP) is 2.26. The van der Waals surface area contributed by atoms with Crippen LogP contribution in [0.15, 0.2) is 36.5 Å². The van der Waals surface area contributed by atoms with Crippen molar-refractivity contribution in [2.75, 3.05) is 5.32 Å². The average Bonchev–Trinajstić information content (AvgIpc) is 2.78. The van der Waals surface area contributed by atoms with Crippen molar-refractivity contribution < 1.29 is 4.79 Å². The fourth-order valence-electron chi connectivity index (χ4n) is 1.38. The first-order valence-electron chi connectivity index (χ1n) is 5.16. The van der Waals surface area contributed by atoms with Crippen LogP contribution >= 0.6 is 22.6 Å². The molecule has 90 valence electrons. The zero-order chi connectivity index (χ0) is 13.0. The number of amides is 1. The third kappa shape index (κ3) is 3.07. The van der Waals surface area contributed by atoms with E-state index in [-0.39, 0.29) is 12.5 Å². The topological polar surface area (TPSA) is 70.7 Å². The highest BCUT2D eigenvalue weighted by atomic mass is 127. The number of nitrogens with one attached hydrogen (secondary N) is 1. The number of benzene rings is 1. The maximum absolute atomic E-state index is 11.9. The van der Waals surface area contributed by atoms with Crippen molar-refractivity contribution >= 4 is 34.3 Å². The lowest BCUT2D eigenvalue weighted by Gasteiger charge is -2.01. The normalized spacial score (nSPS) is 9.78. The Balaban J connectivity index is 2.06. The van der Waals surface area contributed by atoms with Crippen molar-refractivity contribution in [3.8, 4) is 6.07 Å². The number of halogens is 1. The number of carbonyl (C=O) groups is 1. The van der Waals surface area contributed by atoms with Crippen LogP contribution in [0.25, 0.3) is 0 Å². The van der Waals surface area contributed by atoms with E-state index in [1.165, 1.54) is 4.68 Å². The number of rotatable bonds is 3. The second kappa shape index (κ2) is 5.64. The molecule has 2 aromatic rings. The molecular formula is C12H9IN4O. The van der Waals surface area contributed by atoms with Gasteiger partial charge in [0.25, 0.3) is 5.91 Å². The molecule has 0 atom stereocenters. The molecule has 1 aromatic heterocycles. The maximum atomic E-state index is 11.9. The molecule has 0 saturated carbocycles.